The van der Waals surface area contributed by atoms with E-state index in [1.54, 1.807) is 34.0 Å². The number of rotatable bonds is 7. The maximum absolute atomic E-state index is 12.5. The van der Waals surface area contributed by atoms with Gasteiger partial charge in [-0.2, -0.15) is 0 Å². The van der Waals surface area contributed by atoms with Crippen molar-refractivity contribution in [1.29, 1.82) is 0 Å². The maximum atomic E-state index is 12.5. The largest absolute Gasteiger partial charge is 0.497 e. The van der Waals surface area contributed by atoms with Gasteiger partial charge in [0, 0.05) is 17.8 Å². The van der Waals surface area contributed by atoms with Crippen LogP contribution in [0.15, 0.2) is 41.0 Å². The molecule has 0 fully saturated rings. The minimum Gasteiger partial charge on any atom is -0.497 e. The Morgan fingerprint density at radius 1 is 1.08 bits per heavy atom. The minimum absolute atomic E-state index is 0.236. The van der Waals surface area contributed by atoms with Gasteiger partial charge in [0.25, 0.3) is 0 Å². The summed E-state index contributed by atoms with van der Waals surface area (Å²) in [6.45, 7) is 5.75. The molecule has 0 amide bonds. The Balaban J connectivity index is 1.98. The van der Waals surface area contributed by atoms with Gasteiger partial charge >= 0.3 is 11.9 Å². The molecule has 1 unspecified atom stereocenters. The molecule has 0 N–H and O–H groups in total. The van der Waals surface area contributed by atoms with Gasteiger partial charge in [-0.1, -0.05) is 12.1 Å². The van der Waals surface area contributed by atoms with Gasteiger partial charge in [-0.05, 0) is 44.5 Å². The number of hydrogen-bond donors (Lipinski definition) is 0. The molecule has 0 aromatic heterocycles. The lowest BCUT2D eigenvalue weighted by Gasteiger charge is -2.25. The molecule has 1 aromatic carbocycles. The molecule has 0 saturated heterocycles. The quantitative estimate of drug-likeness (QED) is 0.700. The smallest absolute Gasteiger partial charge is 0.315 e. The fourth-order valence-electron chi connectivity index (χ4n) is 2.91. The Kier molecular flexibility index (Phi) is 6.95. The lowest BCUT2D eigenvalue weighted by Crippen LogP contribution is -2.38. The van der Waals surface area contributed by atoms with Crippen LogP contribution >= 0.6 is 0 Å². The lowest BCUT2D eigenvalue weighted by molar-refractivity contribution is -0.156. The zero-order chi connectivity index (χ0) is 19.1. The van der Waals surface area contributed by atoms with E-state index in [1.165, 1.54) is 0 Å². The van der Waals surface area contributed by atoms with Crippen molar-refractivity contribution in [1.82, 2.24) is 0 Å². The number of aliphatic imine (C=N–C) groups is 1. The number of ether oxygens (including phenoxy) is 3. The fraction of sp³-hybridized carbons (Fsp3) is 0.450. The van der Waals surface area contributed by atoms with Gasteiger partial charge < -0.3 is 14.2 Å². The van der Waals surface area contributed by atoms with Gasteiger partial charge in [-0.15, -0.1) is 0 Å². The van der Waals surface area contributed by atoms with Gasteiger partial charge in [-0.25, -0.2) is 0 Å². The maximum Gasteiger partial charge on any atom is 0.315 e. The van der Waals surface area contributed by atoms with Crippen LogP contribution in [0.25, 0.3) is 0 Å². The fourth-order valence-corrected chi connectivity index (χ4v) is 2.91. The number of carbonyl (C=O) groups excluding carboxylic acids is 2. The van der Waals surface area contributed by atoms with E-state index in [4.69, 9.17) is 14.2 Å². The highest BCUT2D eigenvalue weighted by Gasteiger charge is 2.38. The SMILES string of the molecule is CCOC(=O)C1C(C)=NC(C)=C[C@@H]1C(=O)OCCc1ccc(OC)cc1. The van der Waals surface area contributed by atoms with Crippen LogP contribution in [0, 0.1) is 11.8 Å². The van der Waals surface area contributed by atoms with Gasteiger partial charge in [0.2, 0.25) is 0 Å². The van der Waals surface area contributed by atoms with Crippen LogP contribution in [-0.4, -0.2) is 38.0 Å². The Labute approximate surface area is 153 Å². The summed E-state index contributed by atoms with van der Waals surface area (Å²) in [5.41, 5.74) is 2.30. The van der Waals surface area contributed by atoms with Gasteiger partial charge in [0.05, 0.1) is 26.2 Å². The van der Waals surface area contributed by atoms with Crippen LogP contribution in [0.2, 0.25) is 0 Å². The predicted molar refractivity (Wildman–Crippen MR) is 98.1 cm³/mol. The molecule has 1 aromatic rings. The average molecular weight is 359 g/mol. The van der Waals surface area contributed by atoms with Crippen molar-refractivity contribution in [3.8, 4) is 5.75 Å². The van der Waals surface area contributed by atoms with Gasteiger partial charge in [0.1, 0.15) is 11.7 Å². The molecule has 1 heterocycles. The predicted octanol–water partition coefficient (Wildman–Crippen LogP) is 2.95. The van der Waals surface area contributed by atoms with Crippen molar-refractivity contribution in [2.24, 2.45) is 16.8 Å². The summed E-state index contributed by atoms with van der Waals surface area (Å²) >= 11 is 0. The van der Waals surface area contributed by atoms with Crippen molar-refractivity contribution < 1.29 is 23.8 Å². The number of esters is 2. The van der Waals surface area contributed by atoms with E-state index >= 15 is 0 Å². The van der Waals surface area contributed by atoms with Crippen molar-refractivity contribution in [2.45, 2.75) is 27.2 Å². The Bertz CT molecular complexity index is 705. The molecule has 2 rings (SSSR count). The third kappa shape index (κ3) is 4.94. The van der Waals surface area contributed by atoms with E-state index in [1.807, 2.05) is 24.3 Å². The molecule has 140 valence electrons. The molecule has 0 bridgehead atoms. The van der Waals surface area contributed by atoms with Crippen LogP contribution in [0.3, 0.4) is 0 Å². The molecule has 1 aliphatic heterocycles. The highest BCUT2D eigenvalue weighted by Crippen LogP contribution is 2.26. The van der Waals surface area contributed by atoms with Crippen LogP contribution in [0.1, 0.15) is 26.3 Å². The first-order valence-electron chi connectivity index (χ1n) is 8.66. The Morgan fingerprint density at radius 3 is 2.38 bits per heavy atom. The summed E-state index contributed by atoms with van der Waals surface area (Å²) in [5, 5.41) is 0. The zero-order valence-electron chi connectivity index (χ0n) is 15.7. The van der Waals surface area contributed by atoms with E-state index in [2.05, 4.69) is 4.99 Å². The van der Waals surface area contributed by atoms with E-state index in [-0.39, 0.29) is 13.2 Å². The summed E-state index contributed by atoms with van der Waals surface area (Å²) in [4.78, 5) is 29.1. The Hall–Kier alpha value is -2.63. The highest BCUT2D eigenvalue weighted by atomic mass is 16.5. The van der Waals surface area contributed by atoms with Crippen LogP contribution in [-0.2, 0) is 25.5 Å². The monoisotopic (exact) mass is 359 g/mol. The topological polar surface area (TPSA) is 74.2 Å². The number of allylic oxidation sites excluding steroid dienone is 1. The summed E-state index contributed by atoms with van der Waals surface area (Å²) in [6.07, 6.45) is 2.26. The molecule has 26 heavy (non-hydrogen) atoms. The molecule has 0 aliphatic carbocycles. The minimum atomic E-state index is -0.730. The van der Waals surface area contributed by atoms with E-state index < -0.39 is 23.8 Å². The number of methoxy groups -OCH3 is 1. The van der Waals surface area contributed by atoms with Crippen molar-refractivity contribution in [3.05, 3.63) is 41.6 Å². The van der Waals surface area contributed by atoms with Crippen molar-refractivity contribution in [2.75, 3.05) is 20.3 Å². The van der Waals surface area contributed by atoms with Crippen molar-refractivity contribution in [3.63, 3.8) is 0 Å². The van der Waals surface area contributed by atoms with Crippen LogP contribution in [0.4, 0.5) is 0 Å². The average Bonchev–Trinajstić information content (AvgIpc) is 2.61. The first-order chi connectivity index (χ1) is 12.5. The highest BCUT2D eigenvalue weighted by molar-refractivity contribution is 6.05. The van der Waals surface area contributed by atoms with E-state index in [0.717, 1.165) is 11.3 Å². The second-order valence-electron chi connectivity index (χ2n) is 6.08. The third-order valence-electron chi connectivity index (χ3n) is 4.19. The second kappa shape index (κ2) is 9.17. The molecular formula is C20H25NO5. The second-order valence-corrected chi connectivity index (χ2v) is 6.08. The van der Waals surface area contributed by atoms with Crippen LogP contribution < -0.4 is 4.74 Å². The standard InChI is InChI=1S/C20H25NO5/c1-5-25-20(23)18-14(3)21-13(2)12-17(18)19(22)26-11-10-15-6-8-16(24-4)9-7-15/h6-9,12,17-18H,5,10-11H2,1-4H3/t17-,18?/m0/s1. The Morgan fingerprint density at radius 2 is 1.77 bits per heavy atom. The molecule has 6 heteroatoms. The van der Waals surface area contributed by atoms with E-state index in [0.29, 0.717) is 17.8 Å². The third-order valence-corrected chi connectivity index (χ3v) is 4.19. The zero-order valence-corrected chi connectivity index (χ0v) is 15.7. The van der Waals surface area contributed by atoms with Gasteiger partial charge in [-0.3, -0.25) is 14.6 Å². The summed E-state index contributed by atoms with van der Waals surface area (Å²) in [5.74, 6) is -1.55. The van der Waals surface area contributed by atoms with E-state index in [9.17, 15) is 9.59 Å². The number of nitrogens with zero attached hydrogens (tertiary/aromatic N) is 1. The normalized spacial score (nSPS) is 19.2. The summed E-state index contributed by atoms with van der Waals surface area (Å²) in [7, 11) is 1.61. The molecule has 6 nitrogen and oxygen atoms in total. The molecular weight excluding hydrogens is 334 g/mol. The molecule has 2 atom stereocenters. The number of hydrogen-bond acceptors (Lipinski definition) is 6. The number of carbonyl (C=O) groups is 2. The summed E-state index contributed by atoms with van der Waals surface area (Å²) in [6, 6.07) is 7.58. The van der Waals surface area contributed by atoms with Crippen LogP contribution in [0.5, 0.6) is 5.75 Å². The molecule has 1 aliphatic rings. The first kappa shape index (κ1) is 19.7. The molecule has 0 saturated carbocycles. The summed E-state index contributed by atoms with van der Waals surface area (Å²) < 4.78 is 15.6. The number of benzene rings is 1. The van der Waals surface area contributed by atoms with Crippen molar-refractivity contribution >= 4 is 17.7 Å². The lowest BCUT2D eigenvalue weighted by atomic mass is 9.85. The van der Waals surface area contributed by atoms with Gasteiger partial charge in [0.15, 0.2) is 0 Å². The molecule has 0 radical (unpaired) electrons. The first-order valence-corrected chi connectivity index (χ1v) is 8.66. The molecule has 0 spiro atoms.